The lowest BCUT2D eigenvalue weighted by Gasteiger charge is -1.99. The van der Waals surface area contributed by atoms with E-state index in [1.54, 1.807) is 19.3 Å². The van der Waals surface area contributed by atoms with E-state index in [4.69, 9.17) is 9.52 Å². The fourth-order valence-corrected chi connectivity index (χ4v) is 1.35. The van der Waals surface area contributed by atoms with E-state index >= 15 is 0 Å². The van der Waals surface area contributed by atoms with Gasteiger partial charge in [-0.3, -0.25) is 0 Å². The molecule has 0 aliphatic rings. The number of hydrogen-bond donors (Lipinski definition) is 1. The van der Waals surface area contributed by atoms with Crippen LogP contribution in [0, 0.1) is 6.92 Å². The Morgan fingerprint density at radius 2 is 2.23 bits per heavy atom. The molecule has 0 bridgehead atoms. The Hall–Kier alpha value is -1.77. The lowest BCUT2D eigenvalue weighted by Crippen LogP contribution is -1.98. The van der Waals surface area contributed by atoms with Gasteiger partial charge in [0.1, 0.15) is 5.58 Å². The van der Waals surface area contributed by atoms with Gasteiger partial charge in [0.15, 0.2) is 0 Å². The fraction of sp³-hybridized carbons (Fsp3) is 0.100. The summed E-state index contributed by atoms with van der Waals surface area (Å²) in [4.78, 5) is 10.7. The van der Waals surface area contributed by atoms with Crippen LogP contribution >= 0.6 is 0 Å². The van der Waals surface area contributed by atoms with E-state index in [9.17, 15) is 4.79 Å². The van der Waals surface area contributed by atoms with E-state index < -0.39 is 5.97 Å². The summed E-state index contributed by atoms with van der Waals surface area (Å²) in [5.74, 6) is -0.921. The van der Waals surface area contributed by atoms with Crippen molar-refractivity contribution in [1.82, 2.24) is 0 Å². The number of rotatable bonds is 1. The second-order valence-electron chi connectivity index (χ2n) is 2.93. The summed E-state index contributed by atoms with van der Waals surface area (Å²) in [7, 11) is 0. The minimum Gasteiger partial charge on any atom is -0.478 e. The maximum atomic E-state index is 10.7. The molecule has 3 heteroatoms. The van der Waals surface area contributed by atoms with E-state index in [-0.39, 0.29) is 0 Å². The van der Waals surface area contributed by atoms with Crippen molar-refractivity contribution in [2.45, 2.75) is 6.92 Å². The fourth-order valence-electron chi connectivity index (χ4n) is 1.35. The number of carboxylic acid groups (broad SMARTS) is 1. The normalized spacial score (nSPS) is 10.5. The number of hydrogen-bond acceptors (Lipinski definition) is 2. The molecule has 13 heavy (non-hydrogen) atoms. The Morgan fingerprint density at radius 3 is 2.92 bits per heavy atom. The van der Waals surface area contributed by atoms with Gasteiger partial charge in [0, 0.05) is 5.39 Å². The molecule has 1 aromatic carbocycles. The lowest BCUT2D eigenvalue weighted by atomic mass is 10.1. The standard InChI is InChI=1S/C10H8O3/c1-6-4-7-2-3-13-9(7)5-8(6)10(11)12/h2-5H,1H3,(H,11,12). The summed E-state index contributed by atoms with van der Waals surface area (Å²) in [6.07, 6.45) is 1.55. The van der Waals surface area contributed by atoms with Crippen molar-refractivity contribution < 1.29 is 14.3 Å². The van der Waals surface area contributed by atoms with E-state index in [0.29, 0.717) is 11.1 Å². The van der Waals surface area contributed by atoms with Crippen molar-refractivity contribution in [1.29, 1.82) is 0 Å². The summed E-state index contributed by atoms with van der Waals surface area (Å²) < 4.78 is 5.10. The molecular formula is C10H8O3. The lowest BCUT2D eigenvalue weighted by molar-refractivity contribution is 0.0696. The van der Waals surface area contributed by atoms with Crippen LogP contribution in [0.4, 0.5) is 0 Å². The van der Waals surface area contributed by atoms with Crippen LogP contribution in [0.2, 0.25) is 0 Å². The third-order valence-corrected chi connectivity index (χ3v) is 2.03. The Bertz CT molecular complexity index is 468. The zero-order chi connectivity index (χ0) is 9.42. The van der Waals surface area contributed by atoms with Gasteiger partial charge in [0.25, 0.3) is 0 Å². The maximum absolute atomic E-state index is 10.7. The molecule has 66 valence electrons. The highest BCUT2D eigenvalue weighted by Crippen LogP contribution is 2.20. The SMILES string of the molecule is Cc1cc2ccoc2cc1C(=O)O. The number of benzene rings is 1. The van der Waals surface area contributed by atoms with Crippen LogP contribution in [-0.4, -0.2) is 11.1 Å². The van der Waals surface area contributed by atoms with E-state index in [1.165, 1.54) is 0 Å². The molecule has 0 unspecified atom stereocenters. The highest BCUT2D eigenvalue weighted by atomic mass is 16.4. The van der Waals surface area contributed by atoms with Crippen molar-refractivity contribution in [3.8, 4) is 0 Å². The van der Waals surface area contributed by atoms with Crippen molar-refractivity contribution in [2.24, 2.45) is 0 Å². The van der Waals surface area contributed by atoms with Gasteiger partial charge in [-0.15, -0.1) is 0 Å². The quantitative estimate of drug-likeness (QED) is 0.725. The highest BCUT2D eigenvalue weighted by Gasteiger charge is 2.09. The van der Waals surface area contributed by atoms with Gasteiger partial charge >= 0.3 is 5.97 Å². The van der Waals surface area contributed by atoms with Gasteiger partial charge in [-0.2, -0.15) is 0 Å². The van der Waals surface area contributed by atoms with Crippen LogP contribution in [0.1, 0.15) is 15.9 Å². The number of carbonyl (C=O) groups is 1. The first kappa shape index (κ1) is 7.86. The van der Waals surface area contributed by atoms with Crippen molar-refractivity contribution in [3.63, 3.8) is 0 Å². The number of aromatic carboxylic acids is 1. The number of furan rings is 1. The third-order valence-electron chi connectivity index (χ3n) is 2.03. The van der Waals surface area contributed by atoms with Gasteiger partial charge in [0.2, 0.25) is 0 Å². The molecule has 1 heterocycles. The Balaban J connectivity index is 2.76. The second kappa shape index (κ2) is 2.62. The summed E-state index contributed by atoms with van der Waals surface area (Å²) in [5, 5.41) is 9.75. The zero-order valence-corrected chi connectivity index (χ0v) is 7.07. The molecule has 3 nitrogen and oxygen atoms in total. The molecule has 2 aromatic rings. The first-order valence-corrected chi connectivity index (χ1v) is 3.89. The molecule has 0 saturated carbocycles. The van der Waals surface area contributed by atoms with Crippen molar-refractivity contribution in [2.75, 3.05) is 0 Å². The van der Waals surface area contributed by atoms with E-state index in [1.807, 2.05) is 12.1 Å². The van der Waals surface area contributed by atoms with Gasteiger partial charge in [-0.1, -0.05) is 0 Å². The Labute approximate surface area is 74.6 Å². The molecule has 0 radical (unpaired) electrons. The van der Waals surface area contributed by atoms with Gasteiger partial charge in [0.05, 0.1) is 11.8 Å². The first-order valence-electron chi connectivity index (χ1n) is 3.89. The molecule has 1 N–H and O–H groups in total. The van der Waals surface area contributed by atoms with E-state index in [2.05, 4.69) is 0 Å². The average molecular weight is 176 g/mol. The van der Waals surface area contributed by atoms with Gasteiger partial charge < -0.3 is 9.52 Å². The molecule has 2 rings (SSSR count). The predicted octanol–water partition coefficient (Wildman–Crippen LogP) is 2.44. The number of fused-ring (bicyclic) bond motifs is 1. The summed E-state index contributed by atoms with van der Waals surface area (Å²) in [5.41, 5.74) is 1.66. The molecule has 0 atom stereocenters. The molecule has 0 amide bonds. The maximum Gasteiger partial charge on any atom is 0.336 e. The Morgan fingerprint density at radius 1 is 1.46 bits per heavy atom. The van der Waals surface area contributed by atoms with E-state index in [0.717, 1.165) is 10.9 Å². The summed E-state index contributed by atoms with van der Waals surface area (Å²) in [6, 6.07) is 5.17. The predicted molar refractivity (Wildman–Crippen MR) is 47.9 cm³/mol. The topological polar surface area (TPSA) is 50.4 Å². The molecule has 0 fully saturated rings. The highest BCUT2D eigenvalue weighted by molar-refractivity contribution is 5.94. The molecule has 0 aliphatic carbocycles. The van der Waals surface area contributed by atoms with Gasteiger partial charge in [-0.25, -0.2) is 4.79 Å². The largest absolute Gasteiger partial charge is 0.478 e. The average Bonchev–Trinajstić information content (AvgIpc) is 2.48. The minimum atomic E-state index is -0.921. The van der Waals surface area contributed by atoms with Crippen LogP contribution in [0.3, 0.4) is 0 Å². The van der Waals surface area contributed by atoms with Crippen molar-refractivity contribution >= 4 is 16.9 Å². The molecule has 0 aliphatic heterocycles. The molecule has 1 aromatic heterocycles. The molecular weight excluding hydrogens is 168 g/mol. The summed E-state index contributed by atoms with van der Waals surface area (Å²) >= 11 is 0. The van der Waals surface area contributed by atoms with Crippen LogP contribution in [0.5, 0.6) is 0 Å². The van der Waals surface area contributed by atoms with Crippen LogP contribution in [0.25, 0.3) is 11.0 Å². The molecule has 0 spiro atoms. The Kier molecular flexibility index (Phi) is 1.59. The number of carboxylic acids is 1. The third kappa shape index (κ3) is 1.18. The molecule has 0 saturated heterocycles. The monoisotopic (exact) mass is 176 g/mol. The number of aryl methyl sites for hydroxylation is 1. The van der Waals surface area contributed by atoms with Gasteiger partial charge in [-0.05, 0) is 30.7 Å². The van der Waals surface area contributed by atoms with Crippen molar-refractivity contribution in [3.05, 3.63) is 35.6 Å². The van der Waals surface area contributed by atoms with Crippen LogP contribution < -0.4 is 0 Å². The first-order chi connectivity index (χ1) is 6.18. The van der Waals surface area contributed by atoms with Crippen LogP contribution in [-0.2, 0) is 0 Å². The zero-order valence-electron chi connectivity index (χ0n) is 7.07. The second-order valence-corrected chi connectivity index (χ2v) is 2.93. The minimum absolute atomic E-state index is 0.294. The summed E-state index contributed by atoms with van der Waals surface area (Å²) in [6.45, 7) is 1.77. The smallest absolute Gasteiger partial charge is 0.336 e. The van der Waals surface area contributed by atoms with Crippen LogP contribution in [0.15, 0.2) is 28.9 Å².